The Kier molecular flexibility index (Phi) is 4.86. The van der Waals surface area contributed by atoms with Gasteiger partial charge in [0.25, 0.3) is 0 Å². The van der Waals surface area contributed by atoms with E-state index in [1.54, 1.807) is 29.2 Å². The Hall–Kier alpha value is -2.65. The van der Waals surface area contributed by atoms with Gasteiger partial charge in [0, 0.05) is 23.1 Å². The zero-order chi connectivity index (χ0) is 18.0. The molecular formula is C19H16BrN3O2. The van der Waals surface area contributed by atoms with E-state index in [0.29, 0.717) is 23.5 Å². The van der Waals surface area contributed by atoms with E-state index in [4.69, 9.17) is 5.26 Å². The maximum Gasteiger partial charge on any atom is 0.229 e. The average molecular weight is 398 g/mol. The van der Waals surface area contributed by atoms with Gasteiger partial charge in [-0.1, -0.05) is 12.1 Å². The second kappa shape index (κ2) is 7.08. The van der Waals surface area contributed by atoms with Crippen molar-refractivity contribution in [1.82, 2.24) is 0 Å². The van der Waals surface area contributed by atoms with E-state index in [2.05, 4.69) is 27.3 Å². The number of nitriles is 1. The van der Waals surface area contributed by atoms with Crippen LogP contribution >= 0.6 is 15.9 Å². The first-order valence-electron chi connectivity index (χ1n) is 7.85. The molecule has 6 heteroatoms. The van der Waals surface area contributed by atoms with Crippen LogP contribution in [0.1, 0.15) is 17.5 Å². The standard InChI is InChI=1S/C19H16BrN3O2/c1-12-5-6-17(16(20)7-12)22-19(25)14-9-18(24)23(11-14)15-4-2-3-13(8-15)10-21/h2-8,14H,9,11H2,1H3,(H,22,25). The fraction of sp³-hybridized carbons (Fsp3) is 0.211. The highest BCUT2D eigenvalue weighted by Gasteiger charge is 2.35. The number of rotatable bonds is 3. The van der Waals surface area contributed by atoms with Crippen molar-refractivity contribution in [3.63, 3.8) is 0 Å². The third-order valence-corrected chi connectivity index (χ3v) is 4.82. The number of benzene rings is 2. The Morgan fingerprint density at radius 1 is 1.32 bits per heavy atom. The lowest BCUT2D eigenvalue weighted by molar-refractivity contribution is -0.122. The number of amides is 2. The molecule has 126 valence electrons. The molecule has 0 spiro atoms. The predicted octanol–water partition coefficient (Wildman–Crippen LogP) is 3.62. The summed E-state index contributed by atoms with van der Waals surface area (Å²) in [7, 11) is 0. The summed E-state index contributed by atoms with van der Waals surface area (Å²) in [4.78, 5) is 26.4. The van der Waals surface area contributed by atoms with Gasteiger partial charge in [-0.15, -0.1) is 0 Å². The number of hydrogen-bond donors (Lipinski definition) is 1. The maximum absolute atomic E-state index is 12.5. The molecule has 0 radical (unpaired) electrons. The molecule has 1 unspecified atom stereocenters. The van der Waals surface area contributed by atoms with Gasteiger partial charge >= 0.3 is 0 Å². The Balaban J connectivity index is 1.73. The van der Waals surface area contributed by atoms with Crippen LogP contribution in [0.3, 0.4) is 0 Å². The number of aryl methyl sites for hydroxylation is 1. The molecule has 1 atom stereocenters. The third-order valence-electron chi connectivity index (χ3n) is 4.17. The number of carbonyl (C=O) groups excluding carboxylic acids is 2. The molecule has 0 aromatic heterocycles. The molecular weight excluding hydrogens is 382 g/mol. The zero-order valence-corrected chi connectivity index (χ0v) is 15.2. The van der Waals surface area contributed by atoms with E-state index < -0.39 is 5.92 Å². The van der Waals surface area contributed by atoms with Gasteiger partial charge in [-0.25, -0.2) is 0 Å². The number of nitrogens with one attached hydrogen (secondary N) is 1. The molecule has 1 heterocycles. The summed E-state index contributed by atoms with van der Waals surface area (Å²) in [5.41, 5.74) is 2.91. The molecule has 1 aliphatic rings. The van der Waals surface area contributed by atoms with Crippen molar-refractivity contribution in [2.75, 3.05) is 16.8 Å². The molecule has 2 amide bonds. The first-order chi connectivity index (χ1) is 12.0. The lowest BCUT2D eigenvalue weighted by Crippen LogP contribution is -2.28. The first kappa shape index (κ1) is 17.2. The minimum Gasteiger partial charge on any atom is -0.325 e. The van der Waals surface area contributed by atoms with Gasteiger partial charge in [0.1, 0.15) is 0 Å². The molecule has 1 N–H and O–H groups in total. The number of carbonyl (C=O) groups is 2. The predicted molar refractivity (Wildman–Crippen MR) is 99.1 cm³/mol. The number of anilines is 2. The second-order valence-electron chi connectivity index (χ2n) is 6.04. The quantitative estimate of drug-likeness (QED) is 0.859. The van der Waals surface area contributed by atoms with Crippen LogP contribution in [0, 0.1) is 24.2 Å². The van der Waals surface area contributed by atoms with E-state index in [1.807, 2.05) is 25.1 Å². The first-order valence-corrected chi connectivity index (χ1v) is 8.65. The second-order valence-corrected chi connectivity index (χ2v) is 6.89. The van der Waals surface area contributed by atoms with E-state index >= 15 is 0 Å². The largest absolute Gasteiger partial charge is 0.325 e. The van der Waals surface area contributed by atoms with Crippen LogP contribution < -0.4 is 10.2 Å². The van der Waals surface area contributed by atoms with Crippen LogP contribution in [0.4, 0.5) is 11.4 Å². The van der Waals surface area contributed by atoms with Gasteiger partial charge in [-0.2, -0.15) is 5.26 Å². The zero-order valence-electron chi connectivity index (χ0n) is 13.6. The Morgan fingerprint density at radius 2 is 2.12 bits per heavy atom. The Labute approximate surface area is 154 Å². The van der Waals surface area contributed by atoms with Crippen LogP contribution in [0.2, 0.25) is 0 Å². The lowest BCUT2D eigenvalue weighted by atomic mass is 10.1. The molecule has 3 rings (SSSR count). The molecule has 0 aliphatic carbocycles. The Morgan fingerprint density at radius 3 is 2.84 bits per heavy atom. The van der Waals surface area contributed by atoms with Crippen molar-refractivity contribution in [1.29, 1.82) is 5.26 Å². The molecule has 0 saturated carbocycles. The van der Waals surface area contributed by atoms with Gasteiger partial charge in [-0.05, 0) is 58.7 Å². The normalized spacial score (nSPS) is 16.6. The van der Waals surface area contributed by atoms with Crippen LogP contribution in [0.25, 0.3) is 0 Å². The van der Waals surface area contributed by atoms with Crippen LogP contribution in [0.5, 0.6) is 0 Å². The minimum absolute atomic E-state index is 0.113. The highest BCUT2D eigenvalue weighted by Crippen LogP contribution is 2.28. The van der Waals surface area contributed by atoms with Gasteiger partial charge in [0.05, 0.1) is 23.2 Å². The van der Waals surface area contributed by atoms with E-state index in [0.717, 1.165) is 10.0 Å². The van der Waals surface area contributed by atoms with E-state index in [-0.39, 0.29) is 18.2 Å². The minimum atomic E-state index is -0.425. The molecule has 25 heavy (non-hydrogen) atoms. The summed E-state index contributed by atoms with van der Waals surface area (Å²) < 4.78 is 0.809. The smallest absolute Gasteiger partial charge is 0.229 e. The van der Waals surface area contributed by atoms with Gasteiger partial charge in [-0.3, -0.25) is 9.59 Å². The highest BCUT2D eigenvalue weighted by molar-refractivity contribution is 9.10. The lowest BCUT2D eigenvalue weighted by Gasteiger charge is -2.17. The van der Waals surface area contributed by atoms with Crippen molar-refractivity contribution in [2.45, 2.75) is 13.3 Å². The molecule has 2 aromatic rings. The van der Waals surface area contributed by atoms with E-state index in [9.17, 15) is 9.59 Å². The maximum atomic E-state index is 12.5. The molecule has 1 aliphatic heterocycles. The van der Waals surface area contributed by atoms with Crippen molar-refractivity contribution in [2.24, 2.45) is 5.92 Å². The third kappa shape index (κ3) is 3.72. The Bertz CT molecular complexity index is 888. The highest BCUT2D eigenvalue weighted by atomic mass is 79.9. The SMILES string of the molecule is Cc1ccc(NC(=O)C2CC(=O)N(c3cccc(C#N)c3)C2)c(Br)c1. The molecule has 0 bridgehead atoms. The van der Waals surface area contributed by atoms with Crippen molar-refractivity contribution in [3.05, 3.63) is 58.1 Å². The number of hydrogen-bond acceptors (Lipinski definition) is 3. The van der Waals surface area contributed by atoms with Gasteiger partial charge < -0.3 is 10.2 Å². The summed E-state index contributed by atoms with van der Waals surface area (Å²) >= 11 is 3.44. The van der Waals surface area contributed by atoms with Gasteiger partial charge in [0.15, 0.2) is 0 Å². The molecule has 1 fully saturated rings. The van der Waals surface area contributed by atoms with E-state index in [1.165, 1.54) is 0 Å². The van der Waals surface area contributed by atoms with Gasteiger partial charge in [0.2, 0.25) is 11.8 Å². The number of nitrogens with zero attached hydrogens (tertiary/aromatic N) is 2. The molecule has 5 nitrogen and oxygen atoms in total. The fourth-order valence-electron chi connectivity index (χ4n) is 2.83. The summed E-state index contributed by atoms with van der Waals surface area (Å²) in [6.45, 7) is 2.28. The topological polar surface area (TPSA) is 73.2 Å². The van der Waals surface area contributed by atoms with Crippen LogP contribution in [-0.2, 0) is 9.59 Å². The van der Waals surface area contributed by atoms with Crippen molar-refractivity contribution < 1.29 is 9.59 Å². The number of halogens is 1. The summed E-state index contributed by atoms with van der Waals surface area (Å²) in [6, 6.07) is 14.6. The monoisotopic (exact) mass is 397 g/mol. The summed E-state index contributed by atoms with van der Waals surface area (Å²) in [5.74, 6) is -0.721. The molecule has 2 aromatic carbocycles. The van der Waals surface area contributed by atoms with Crippen molar-refractivity contribution in [3.8, 4) is 6.07 Å². The van der Waals surface area contributed by atoms with Crippen LogP contribution in [-0.4, -0.2) is 18.4 Å². The van der Waals surface area contributed by atoms with Crippen LogP contribution in [0.15, 0.2) is 46.9 Å². The van der Waals surface area contributed by atoms with Crippen molar-refractivity contribution >= 4 is 39.1 Å². The summed E-state index contributed by atoms with van der Waals surface area (Å²) in [5, 5.41) is 11.9. The molecule has 1 saturated heterocycles. The average Bonchev–Trinajstić information content (AvgIpc) is 2.99. The summed E-state index contributed by atoms with van der Waals surface area (Å²) in [6.07, 6.45) is 0.159. The fourth-order valence-corrected chi connectivity index (χ4v) is 3.42.